The Morgan fingerprint density at radius 2 is 1.52 bits per heavy atom. The lowest BCUT2D eigenvalue weighted by atomic mass is 9.83. The molecule has 2 aromatic rings. The van der Waals surface area contributed by atoms with E-state index in [4.69, 9.17) is 4.74 Å². The molecule has 31 heavy (non-hydrogen) atoms. The maximum absolute atomic E-state index is 12.8. The molecule has 1 aliphatic carbocycles. The minimum atomic E-state index is -0.353. The average Bonchev–Trinajstić information content (AvgIpc) is 2.76. The second-order valence-corrected chi connectivity index (χ2v) is 7.25. The minimum absolute atomic E-state index is 0.117. The van der Waals surface area contributed by atoms with Crippen molar-refractivity contribution in [3.63, 3.8) is 0 Å². The molecule has 1 aliphatic rings. The van der Waals surface area contributed by atoms with Gasteiger partial charge in [-0.25, -0.2) is 4.79 Å². The second-order valence-electron chi connectivity index (χ2n) is 7.25. The fraction of sp³-hybridized carbons (Fsp3) is 0.148. The molecule has 0 amide bonds. The number of fused-ring (bicyclic) bond motifs is 2. The lowest BCUT2D eigenvalue weighted by molar-refractivity contribution is -0.137. The molecule has 0 spiro atoms. The highest BCUT2D eigenvalue weighted by Gasteiger charge is 2.29. The number of allylic oxidation sites excluding steroid dienone is 6. The van der Waals surface area contributed by atoms with Crippen LogP contribution in [0.1, 0.15) is 58.2 Å². The molecule has 0 bridgehead atoms. The van der Waals surface area contributed by atoms with Gasteiger partial charge < -0.3 is 4.74 Å². The molecule has 0 saturated carbocycles. The summed E-state index contributed by atoms with van der Waals surface area (Å²) in [5.41, 5.74) is 4.42. The van der Waals surface area contributed by atoms with Gasteiger partial charge in [-0.15, -0.1) is 0 Å². The zero-order valence-electron chi connectivity index (χ0n) is 17.8. The number of rotatable bonds is 6. The molecule has 3 rings (SSSR count). The van der Waals surface area contributed by atoms with Crippen molar-refractivity contribution in [2.45, 2.75) is 20.8 Å². The summed E-state index contributed by atoms with van der Waals surface area (Å²) in [7, 11) is 0. The number of ether oxygens (including phenoxy) is 1. The Bertz CT molecular complexity index is 1160. The topological polar surface area (TPSA) is 60.4 Å². The van der Waals surface area contributed by atoms with Gasteiger partial charge in [-0.05, 0) is 44.0 Å². The van der Waals surface area contributed by atoms with E-state index in [2.05, 4.69) is 0 Å². The first-order valence-corrected chi connectivity index (χ1v) is 10.1. The summed E-state index contributed by atoms with van der Waals surface area (Å²) in [5.74, 6) is -0.596. The number of carbonyl (C=O) groups excluding carboxylic acids is 3. The largest absolute Gasteiger partial charge is 0.463 e. The van der Waals surface area contributed by atoms with Gasteiger partial charge in [-0.1, -0.05) is 66.3 Å². The van der Waals surface area contributed by atoms with Gasteiger partial charge in [-0.2, -0.15) is 0 Å². The highest BCUT2D eigenvalue weighted by molar-refractivity contribution is 6.28. The van der Waals surface area contributed by atoms with E-state index in [1.54, 1.807) is 43.3 Å². The average molecular weight is 412 g/mol. The zero-order valence-corrected chi connectivity index (χ0v) is 17.8. The van der Waals surface area contributed by atoms with Gasteiger partial charge in [0, 0.05) is 28.3 Å². The van der Waals surface area contributed by atoms with E-state index in [1.165, 1.54) is 6.08 Å². The quantitative estimate of drug-likeness (QED) is 0.305. The molecule has 0 fully saturated rings. The number of ketones is 2. The number of hydrogen-bond acceptors (Lipinski definition) is 4. The molecule has 0 radical (unpaired) electrons. The van der Waals surface area contributed by atoms with Crippen molar-refractivity contribution >= 4 is 23.6 Å². The fourth-order valence-corrected chi connectivity index (χ4v) is 3.27. The van der Waals surface area contributed by atoms with Crippen LogP contribution < -0.4 is 0 Å². The van der Waals surface area contributed by atoms with Crippen LogP contribution in [0.25, 0.3) is 6.08 Å². The van der Waals surface area contributed by atoms with Crippen molar-refractivity contribution < 1.29 is 19.1 Å². The Morgan fingerprint density at radius 1 is 0.871 bits per heavy atom. The standard InChI is InChI=1S/C27H24O4/c1-4-31-25(28)16-19(3)9-7-8-18(2)12-13-20-14-15-23-24(17-20)27(30)22-11-6-5-10-21(22)26(23)29/h5-17H,4H2,1-3H3/b9-7+,13-12+,18-8+,19-16-. The molecule has 4 nitrogen and oxygen atoms in total. The van der Waals surface area contributed by atoms with Gasteiger partial charge >= 0.3 is 5.97 Å². The van der Waals surface area contributed by atoms with Gasteiger partial charge in [-0.3, -0.25) is 9.59 Å². The van der Waals surface area contributed by atoms with Crippen molar-refractivity contribution in [2.75, 3.05) is 6.61 Å². The molecule has 2 aromatic carbocycles. The van der Waals surface area contributed by atoms with Gasteiger partial charge in [0.15, 0.2) is 11.6 Å². The Hall–Kier alpha value is -3.79. The number of esters is 1. The summed E-state index contributed by atoms with van der Waals surface area (Å²) < 4.78 is 4.88. The van der Waals surface area contributed by atoms with Crippen LogP contribution in [-0.4, -0.2) is 24.1 Å². The van der Waals surface area contributed by atoms with Crippen LogP contribution in [0.15, 0.2) is 84.0 Å². The first kappa shape index (κ1) is 21.9. The molecule has 0 saturated heterocycles. The van der Waals surface area contributed by atoms with Gasteiger partial charge in [0.25, 0.3) is 0 Å². The van der Waals surface area contributed by atoms with Crippen LogP contribution in [0.3, 0.4) is 0 Å². The molecule has 156 valence electrons. The van der Waals surface area contributed by atoms with E-state index in [0.29, 0.717) is 28.9 Å². The van der Waals surface area contributed by atoms with E-state index in [-0.39, 0.29) is 17.5 Å². The Kier molecular flexibility index (Phi) is 6.93. The third-order valence-corrected chi connectivity index (χ3v) is 4.84. The van der Waals surface area contributed by atoms with E-state index in [0.717, 1.165) is 16.7 Å². The van der Waals surface area contributed by atoms with E-state index in [1.807, 2.05) is 50.3 Å². The molecule has 0 heterocycles. The second kappa shape index (κ2) is 9.81. The molecule has 4 heteroatoms. The fourth-order valence-electron chi connectivity index (χ4n) is 3.27. The maximum Gasteiger partial charge on any atom is 0.330 e. The summed E-state index contributed by atoms with van der Waals surface area (Å²) >= 11 is 0. The van der Waals surface area contributed by atoms with Crippen LogP contribution in [0.4, 0.5) is 0 Å². The maximum atomic E-state index is 12.8. The third-order valence-electron chi connectivity index (χ3n) is 4.84. The number of benzene rings is 2. The van der Waals surface area contributed by atoms with E-state index in [9.17, 15) is 14.4 Å². The molecule has 0 aliphatic heterocycles. The normalized spacial score (nSPS) is 14.2. The molecule has 0 unspecified atom stereocenters. The van der Waals surface area contributed by atoms with E-state index >= 15 is 0 Å². The number of carbonyl (C=O) groups is 3. The molecular weight excluding hydrogens is 388 g/mol. The van der Waals surface area contributed by atoms with Crippen LogP contribution in [0.2, 0.25) is 0 Å². The Labute approximate surface area is 182 Å². The van der Waals surface area contributed by atoms with Gasteiger partial charge in [0.1, 0.15) is 0 Å². The molecule has 0 atom stereocenters. The lowest BCUT2D eigenvalue weighted by Crippen LogP contribution is -2.20. The first-order chi connectivity index (χ1) is 14.9. The zero-order chi connectivity index (χ0) is 22.4. The summed E-state index contributed by atoms with van der Waals surface area (Å²) in [5, 5.41) is 0. The summed E-state index contributed by atoms with van der Waals surface area (Å²) in [4.78, 5) is 36.9. The van der Waals surface area contributed by atoms with Crippen LogP contribution in [0.5, 0.6) is 0 Å². The molecular formula is C27H24O4. The van der Waals surface area contributed by atoms with Gasteiger partial charge in [0.2, 0.25) is 0 Å². The van der Waals surface area contributed by atoms with Crippen molar-refractivity contribution in [2.24, 2.45) is 0 Å². The Morgan fingerprint density at radius 3 is 2.19 bits per heavy atom. The van der Waals surface area contributed by atoms with Crippen molar-refractivity contribution in [1.82, 2.24) is 0 Å². The van der Waals surface area contributed by atoms with Crippen molar-refractivity contribution in [3.05, 3.63) is 112 Å². The predicted molar refractivity (Wildman–Crippen MR) is 122 cm³/mol. The number of hydrogen-bond donors (Lipinski definition) is 0. The Balaban J connectivity index is 1.74. The van der Waals surface area contributed by atoms with Crippen LogP contribution in [-0.2, 0) is 9.53 Å². The predicted octanol–water partition coefficient (Wildman–Crippen LogP) is 5.49. The van der Waals surface area contributed by atoms with E-state index < -0.39 is 0 Å². The third kappa shape index (κ3) is 5.23. The van der Waals surface area contributed by atoms with Crippen molar-refractivity contribution in [3.8, 4) is 0 Å². The highest BCUT2D eigenvalue weighted by Crippen LogP contribution is 2.28. The monoisotopic (exact) mass is 412 g/mol. The van der Waals surface area contributed by atoms with Crippen LogP contribution in [0, 0.1) is 0 Å². The van der Waals surface area contributed by atoms with Gasteiger partial charge in [0.05, 0.1) is 6.61 Å². The SMILES string of the molecule is CCOC(=O)\C=C(C)/C=C/C=C(C)/C=C/c1ccc2c(c1)C(=O)c1ccccc1C2=O. The summed E-state index contributed by atoms with van der Waals surface area (Å²) in [6, 6.07) is 12.2. The summed E-state index contributed by atoms with van der Waals surface area (Å²) in [6.45, 7) is 5.90. The minimum Gasteiger partial charge on any atom is -0.463 e. The summed E-state index contributed by atoms with van der Waals surface area (Å²) in [6.07, 6.45) is 10.9. The molecule has 0 N–H and O–H groups in total. The lowest BCUT2D eigenvalue weighted by Gasteiger charge is -2.17. The smallest absolute Gasteiger partial charge is 0.330 e. The van der Waals surface area contributed by atoms with Crippen LogP contribution >= 0.6 is 0 Å². The molecule has 0 aromatic heterocycles. The highest BCUT2D eigenvalue weighted by atomic mass is 16.5. The van der Waals surface area contributed by atoms with Crippen molar-refractivity contribution in [1.29, 1.82) is 0 Å². The first-order valence-electron chi connectivity index (χ1n) is 10.1.